The number of aryl methyl sites for hydroxylation is 1. The average molecular weight is 323 g/mol. The van der Waals surface area contributed by atoms with Gasteiger partial charge in [0.25, 0.3) is 5.65 Å². The van der Waals surface area contributed by atoms with Gasteiger partial charge in [-0.15, -0.1) is 0 Å². The van der Waals surface area contributed by atoms with Crippen molar-refractivity contribution in [2.24, 2.45) is 0 Å². The summed E-state index contributed by atoms with van der Waals surface area (Å²) in [6.07, 6.45) is 1.74. The standard InChI is InChI=1S/C19H21N3O2/c1-14-9-10-21-16(13-14)22(12-11-20(2)3)19(24)17(18(21)23)15-7-5-4-6-8-15/h4-10,13H,11-12H2,1-3H3. The van der Waals surface area contributed by atoms with Gasteiger partial charge in [-0.2, -0.15) is 4.40 Å². The predicted molar refractivity (Wildman–Crippen MR) is 92.0 cm³/mol. The van der Waals surface area contributed by atoms with E-state index in [2.05, 4.69) is 0 Å². The molecule has 124 valence electrons. The molecule has 5 heteroatoms. The summed E-state index contributed by atoms with van der Waals surface area (Å²) >= 11 is 0. The summed E-state index contributed by atoms with van der Waals surface area (Å²) in [6, 6.07) is 12.9. The van der Waals surface area contributed by atoms with Crippen molar-refractivity contribution < 1.29 is 9.67 Å². The lowest BCUT2D eigenvalue weighted by Crippen LogP contribution is -2.46. The van der Waals surface area contributed by atoms with Crippen molar-refractivity contribution in [3.05, 3.63) is 64.6 Å². The summed E-state index contributed by atoms with van der Waals surface area (Å²) in [5, 5.41) is 13.1. The van der Waals surface area contributed by atoms with E-state index in [0.717, 1.165) is 12.1 Å². The third kappa shape index (κ3) is 2.90. The van der Waals surface area contributed by atoms with Crippen molar-refractivity contribution in [3.63, 3.8) is 0 Å². The van der Waals surface area contributed by atoms with Gasteiger partial charge in [0.2, 0.25) is 0 Å². The monoisotopic (exact) mass is 323 g/mol. The number of likely N-dealkylation sites (N-methyl/N-ethyl adjacent to an activating group) is 1. The normalized spacial score (nSPS) is 11.3. The van der Waals surface area contributed by atoms with Crippen molar-refractivity contribution in [2.45, 2.75) is 13.5 Å². The lowest BCUT2D eigenvalue weighted by Gasteiger charge is -2.18. The number of benzene rings is 1. The molecule has 0 unspecified atom stereocenters. The Kier molecular flexibility index (Phi) is 4.36. The van der Waals surface area contributed by atoms with Gasteiger partial charge in [-0.05, 0) is 38.2 Å². The van der Waals surface area contributed by atoms with Crippen LogP contribution in [0, 0.1) is 6.92 Å². The summed E-state index contributed by atoms with van der Waals surface area (Å²) in [7, 11) is 3.93. The van der Waals surface area contributed by atoms with Gasteiger partial charge < -0.3 is 10.0 Å². The molecular formula is C19H21N3O2. The first-order valence-electron chi connectivity index (χ1n) is 7.95. The highest BCUT2D eigenvalue weighted by atomic mass is 16.3. The van der Waals surface area contributed by atoms with E-state index in [1.807, 2.05) is 56.3 Å². The third-order valence-electron chi connectivity index (χ3n) is 4.09. The van der Waals surface area contributed by atoms with Crippen LogP contribution < -0.4 is 15.2 Å². The van der Waals surface area contributed by atoms with Crippen molar-refractivity contribution >= 4 is 5.65 Å². The van der Waals surface area contributed by atoms with E-state index in [0.29, 0.717) is 17.8 Å². The highest BCUT2D eigenvalue weighted by molar-refractivity contribution is 5.66. The summed E-state index contributed by atoms with van der Waals surface area (Å²) in [5.74, 6) is -0.237. The molecule has 3 rings (SSSR count). The van der Waals surface area contributed by atoms with Crippen molar-refractivity contribution in [1.82, 2.24) is 9.30 Å². The Morgan fingerprint density at radius 1 is 1.17 bits per heavy atom. The quantitative estimate of drug-likeness (QED) is 0.678. The van der Waals surface area contributed by atoms with Crippen LogP contribution in [0.2, 0.25) is 0 Å². The summed E-state index contributed by atoms with van der Waals surface area (Å²) in [6.45, 7) is 3.20. The zero-order valence-corrected chi connectivity index (χ0v) is 14.2. The van der Waals surface area contributed by atoms with E-state index < -0.39 is 0 Å². The van der Waals surface area contributed by atoms with Gasteiger partial charge >= 0.3 is 5.56 Å². The van der Waals surface area contributed by atoms with Crippen LogP contribution in [0.3, 0.4) is 0 Å². The maximum atomic E-state index is 13.1. The van der Waals surface area contributed by atoms with Gasteiger partial charge in [-0.1, -0.05) is 30.3 Å². The maximum absolute atomic E-state index is 13.1. The van der Waals surface area contributed by atoms with Gasteiger partial charge in [-0.25, -0.2) is 9.36 Å². The first kappa shape index (κ1) is 16.2. The Morgan fingerprint density at radius 2 is 1.88 bits per heavy atom. The Balaban J connectivity index is 2.34. The molecule has 0 saturated heterocycles. The fourth-order valence-electron chi connectivity index (χ4n) is 2.79. The molecule has 2 aromatic heterocycles. The molecule has 0 aliphatic carbocycles. The number of rotatable bonds is 4. The molecule has 0 atom stereocenters. The number of fused-ring (bicyclic) bond motifs is 1. The molecule has 0 N–H and O–H groups in total. The second-order valence-corrected chi connectivity index (χ2v) is 6.24. The maximum Gasteiger partial charge on any atom is 0.349 e. The molecule has 0 fully saturated rings. The van der Waals surface area contributed by atoms with Gasteiger partial charge in [0.15, 0.2) is 0 Å². The molecule has 24 heavy (non-hydrogen) atoms. The molecule has 0 aliphatic rings. The zero-order chi connectivity index (χ0) is 17.3. The van der Waals surface area contributed by atoms with Crippen LogP contribution in [0.25, 0.3) is 16.8 Å². The molecule has 0 amide bonds. The van der Waals surface area contributed by atoms with E-state index in [1.165, 1.54) is 0 Å². The van der Waals surface area contributed by atoms with Crippen LogP contribution in [0.1, 0.15) is 5.56 Å². The number of hydrogen-bond donors (Lipinski definition) is 0. The third-order valence-corrected chi connectivity index (χ3v) is 4.09. The SMILES string of the molecule is Cc1ccn2c(=O)c(-c3ccccc3)c([O-])[n+](CCN(C)C)c2c1. The van der Waals surface area contributed by atoms with Gasteiger partial charge in [0, 0.05) is 12.6 Å². The van der Waals surface area contributed by atoms with Crippen LogP contribution in [-0.2, 0) is 6.54 Å². The molecule has 0 aliphatic heterocycles. The predicted octanol–water partition coefficient (Wildman–Crippen LogP) is 1.20. The fraction of sp³-hybridized carbons (Fsp3) is 0.263. The van der Waals surface area contributed by atoms with E-state index in [-0.39, 0.29) is 17.0 Å². The van der Waals surface area contributed by atoms with Crippen LogP contribution in [0.15, 0.2) is 53.5 Å². The minimum absolute atomic E-state index is 0.218. The van der Waals surface area contributed by atoms with Gasteiger partial charge in [0.05, 0.1) is 5.88 Å². The van der Waals surface area contributed by atoms with Crippen LogP contribution in [0.5, 0.6) is 5.88 Å². The molecule has 3 aromatic rings. The number of hydrogen-bond acceptors (Lipinski definition) is 3. The minimum Gasteiger partial charge on any atom is -0.842 e. The molecule has 0 saturated carbocycles. The first-order valence-corrected chi connectivity index (χ1v) is 7.95. The molecule has 0 spiro atoms. The second-order valence-electron chi connectivity index (χ2n) is 6.24. The summed E-state index contributed by atoms with van der Waals surface area (Å²) in [5.41, 5.74) is 2.24. The molecule has 0 bridgehead atoms. The molecule has 2 heterocycles. The fourth-order valence-corrected chi connectivity index (χ4v) is 2.79. The van der Waals surface area contributed by atoms with Crippen molar-refractivity contribution in [2.75, 3.05) is 20.6 Å². The smallest absolute Gasteiger partial charge is 0.349 e. The number of aromatic nitrogens is 2. The number of pyridine rings is 1. The minimum atomic E-state index is -0.276. The van der Waals surface area contributed by atoms with E-state index in [9.17, 15) is 9.90 Å². The Labute approximate surface area is 141 Å². The van der Waals surface area contributed by atoms with Gasteiger partial charge in [0.1, 0.15) is 18.3 Å². The highest BCUT2D eigenvalue weighted by Crippen LogP contribution is 2.21. The Bertz CT molecular complexity index is 931. The topological polar surface area (TPSA) is 51.7 Å². The van der Waals surface area contributed by atoms with Crippen molar-refractivity contribution in [3.8, 4) is 17.0 Å². The van der Waals surface area contributed by atoms with Crippen LogP contribution in [0.4, 0.5) is 0 Å². The Morgan fingerprint density at radius 3 is 2.54 bits per heavy atom. The van der Waals surface area contributed by atoms with Crippen LogP contribution in [-0.4, -0.2) is 29.9 Å². The van der Waals surface area contributed by atoms with E-state index >= 15 is 0 Å². The zero-order valence-electron chi connectivity index (χ0n) is 14.2. The van der Waals surface area contributed by atoms with Crippen molar-refractivity contribution in [1.29, 1.82) is 0 Å². The lowest BCUT2D eigenvalue weighted by molar-refractivity contribution is -0.715. The van der Waals surface area contributed by atoms with Crippen LogP contribution >= 0.6 is 0 Å². The Hall–Kier alpha value is -2.66. The molecule has 5 nitrogen and oxygen atoms in total. The largest absolute Gasteiger partial charge is 0.842 e. The average Bonchev–Trinajstić information content (AvgIpc) is 2.55. The van der Waals surface area contributed by atoms with E-state index in [1.54, 1.807) is 27.3 Å². The molecular weight excluding hydrogens is 302 g/mol. The number of nitrogens with zero attached hydrogens (tertiary/aromatic N) is 3. The summed E-state index contributed by atoms with van der Waals surface area (Å²) in [4.78, 5) is 14.9. The second kappa shape index (κ2) is 6.45. The lowest BCUT2D eigenvalue weighted by atomic mass is 10.1. The van der Waals surface area contributed by atoms with Gasteiger partial charge in [-0.3, -0.25) is 0 Å². The molecule has 0 radical (unpaired) electrons. The highest BCUT2D eigenvalue weighted by Gasteiger charge is 2.20. The first-order chi connectivity index (χ1) is 11.5. The summed E-state index contributed by atoms with van der Waals surface area (Å²) < 4.78 is 3.25. The molecule has 1 aromatic carbocycles. The van der Waals surface area contributed by atoms with E-state index in [4.69, 9.17) is 0 Å².